The average molecular weight is 253 g/mol. The molecule has 1 N–H and O–H groups in total. The highest BCUT2D eigenvalue weighted by Crippen LogP contribution is 2.32. The standard InChI is InChI=1S/C13H19NS2/c1-10(2)16-13-6-4-3-5-12(13)14-11-7-8-15-9-11/h3-6,10-11,14H,7-9H2,1-2H3. The summed E-state index contributed by atoms with van der Waals surface area (Å²) in [5.74, 6) is 2.55. The molecule has 1 aliphatic heterocycles. The SMILES string of the molecule is CC(C)Sc1ccccc1NC1CCSC1. The maximum Gasteiger partial charge on any atom is 0.0480 e. The van der Waals surface area contributed by atoms with Crippen molar-refractivity contribution >= 4 is 29.2 Å². The summed E-state index contributed by atoms with van der Waals surface area (Å²) in [6.07, 6.45) is 1.30. The predicted molar refractivity (Wildman–Crippen MR) is 76.8 cm³/mol. The van der Waals surface area contributed by atoms with Crippen LogP contribution in [0, 0.1) is 0 Å². The van der Waals surface area contributed by atoms with Gasteiger partial charge >= 0.3 is 0 Å². The van der Waals surface area contributed by atoms with E-state index in [2.05, 4.69) is 55.2 Å². The van der Waals surface area contributed by atoms with Gasteiger partial charge < -0.3 is 5.32 Å². The second-order valence-corrected chi connectivity index (χ2v) is 7.14. The molecule has 0 bridgehead atoms. The van der Waals surface area contributed by atoms with Crippen LogP contribution in [0.15, 0.2) is 29.2 Å². The zero-order valence-electron chi connectivity index (χ0n) is 9.90. The van der Waals surface area contributed by atoms with Crippen LogP contribution in [0.3, 0.4) is 0 Å². The first-order chi connectivity index (χ1) is 7.75. The molecule has 1 aromatic carbocycles. The van der Waals surface area contributed by atoms with Crippen molar-refractivity contribution in [3.05, 3.63) is 24.3 Å². The summed E-state index contributed by atoms with van der Waals surface area (Å²) in [6, 6.07) is 9.33. The fourth-order valence-corrected chi connectivity index (χ4v) is 3.88. The number of nitrogens with one attached hydrogen (secondary N) is 1. The Morgan fingerprint density at radius 1 is 1.38 bits per heavy atom. The number of thioether (sulfide) groups is 2. The van der Waals surface area contributed by atoms with Gasteiger partial charge in [0.2, 0.25) is 0 Å². The summed E-state index contributed by atoms with van der Waals surface area (Å²) >= 11 is 3.99. The molecule has 0 saturated carbocycles. The topological polar surface area (TPSA) is 12.0 Å². The molecule has 1 unspecified atom stereocenters. The third kappa shape index (κ3) is 3.36. The number of para-hydroxylation sites is 1. The molecular weight excluding hydrogens is 234 g/mol. The quantitative estimate of drug-likeness (QED) is 0.811. The number of hydrogen-bond acceptors (Lipinski definition) is 3. The lowest BCUT2D eigenvalue weighted by Gasteiger charge is -2.17. The van der Waals surface area contributed by atoms with Crippen LogP contribution in [0.4, 0.5) is 5.69 Å². The summed E-state index contributed by atoms with van der Waals surface area (Å²) in [5.41, 5.74) is 1.31. The first kappa shape index (κ1) is 12.2. The van der Waals surface area contributed by atoms with Crippen molar-refractivity contribution in [3.63, 3.8) is 0 Å². The highest BCUT2D eigenvalue weighted by atomic mass is 32.2. The molecule has 0 spiro atoms. The molecular formula is C13H19NS2. The van der Waals surface area contributed by atoms with Gasteiger partial charge in [-0.1, -0.05) is 26.0 Å². The fraction of sp³-hybridized carbons (Fsp3) is 0.538. The van der Waals surface area contributed by atoms with Crippen LogP contribution in [0.1, 0.15) is 20.3 Å². The Morgan fingerprint density at radius 3 is 2.88 bits per heavy atom. The molecule has 0 aromatic heterocycles. The molecule has 1 heterocycles. The van der Waals surface area contributed by atoms with Gasteiger partial charge in [0.05, 0.1) is 0 Å². The molecule has 0 radical (unpaired) electrons. The lowest BCUT2D eigenvalue weighted by Crippen LogP contribution is -2.18. The van der Waals surface area contributed by atoms with Crippen LogP contribution in [0.5, 0.6) is 0 Å². The third-order valence-electron chi connectivity index (χ3n) is 2.54. The monoisotopic (exact) mass is 253 g/mol. The van der Waals surface area contributed by atoms with E-state index in [1.54, 1.807) is 0 Å². The predicted octanol–water partition coefficient (Wildman–Crippen LogP) is 4.10. The fourth-order valence-electron chi connectivity index (χ4n) is 1.81. The molecule has 1 nitrogen and oxygen atoms in total. The summed E-state index contributed by atoms with van der Waals surface area (Å²) < 4.78 is 0. The highest BCUT2D eigenvalue weighted by molar-refractivity contribution is 8.00. The van der Waals surface area contributed by atoms with E-state index in [1.165, 1.54) is 28.5 Å². The van der Waals surface area contributed by atoms with Gasteiger partial charge in [0.15, 0.2) is 0 Å². The van der Waals surface area contributed by atoms with E-state index in [0.29, 0.717) is 11.3 Å². The van der Waals surface area contributed by atoms with Gasteiger partial charge in [0.25, 0.3) is 0 Å². The van der Waals surface area contributed by atoms with Gasteiger partial charge in [-0.05, 0) is 24.3 Å². The largest absolute Gasteiger partial charge is 0.381 e. The van der Waals surface area contributed by atoms with Crippen molar-refractivity contribution in [2.75, 3.05) is 16.8 Å². The van der Waals surface area contributed by atoms with Crippen molar-refractivity contribution in [3.8, 4) is 0 Å². The van der Waals surface area contributed by atoms with Crippen LogP contribution < -0.4 is 5.32 Å². The molecule has 1 aromatic rings. The minimum absolute atomic E-state index is 0.640. The Hall–Kier alpha value is -0.280. The molecule has 1 fully saturated rings. The van der Waals surface area contributed by atoms with Crippen molar-refractivity contribution in [1.29, 1.82) is 0 Å². The van der Waals surface area contributed by atoms with Crippen LogP contribution in [0.2, 0.25) is 0 Å². The molecule has 1 saturated heterocycles. The van der Waals surface area contributed by atoms with Gasteiger partial charge in [0.1, 0.15) is 0 Å². The van der Waals surface area contributed by atoms with E-state index in [-0.39, 0.29) is 0 Å². The first-order valence-electron chi connectivity index (χ1n) is 5.85. The van der Waals surface area contributed by atoms with E-state index in [9.17, 15) is 0 Å². The Balaban J connectivity index is 2.06. The maximum absolute atomic E-state index is 3.67. The summed E-state index contributed by atoms with van der Waals surface area (Å²) in [5, 5.41) is 4.31. The van der Waals surface area contributed by atoms with Crippen LogP contribution in [0.25, 0.3) is 0 Å². The molecule has 88 valence electrons. The molecule has 0 aliphatic carbocycles. The number of anilines is 1. The Kier molecular flexibility index (Phi) is 4.47. The Labute approximate surface area is 107 Å². The second kappa shape index (κ2) is 5.87. The van der Waals surface area contributed by atoms with Gasteiger partial charge in [-0.2, -0.15) is 11.8 Å². The lowest BCUT2D eigenvalue weighted by molar-refractivity contribution is 0.809. The number of benzene rings is 1. The Morgan fingerprint density at radius 2 is 2.19 bits per heavy atom. The van der Waals surface area contributed by atoms with E-state index >= 15 is 0 Å². The summed E-state index contributed by atoms with van der Waals surface area (Å²) in [6.45, 7) is 4.49. The molecule has 1 atom stereocenters. The van der Waals surface area contributed by atoms with Crippen molar-refractivity contribution in [2.45, 2.75) is 36.5 Å². The van der Waals surface area contributed by atoms with Crippen LogP contribution in [-0.2, 0) is 0 Å². The number of hydrogen-bond donors (Lipinski definition) is 1. The number of rotatable bonds is 4. The molecule has 3 heteroatoms. The maximum atomic E-state index is 3.67. The highest BCUT2D eigenvalue weighted by Gasteiger charge is 2.16. The zero-order chi connectivity index (χ0) is 11.4. The minimum atomic E-state index is 0.640. The molecule has 2 rings (SSSR count). The lowest BCUT2D eigenvalue weighted by atomic mass is 10.2. The van der Waals surface area contributed by atoms with Gasteiger partial charge in [0, 0.05) is 27.6 Å². The normalized spacial score (nSPS) is 20.3. The summed E-state index contributed by atoms with van der Waals surface area (Å²) in [4.78, 5) is 1.38. The molecule has 1 aliphatic rings. The van der Waals surface area contributed by atoms with Gasteiger partial charge in [-0.15, -0.1) is 11.8 Å². The summed E-state index contributed by atoms with van der Waals surface area (Å²) in [7, 11) is 0. The van der Waals surface area contributed by atoms with E-state index in [0.717, 1.165) is 0 Å². The van der Waals surface area contributed by atoms with E-state index in [4.69, 9.17) is 0 Å². The molecule has 0 amide bonds. The first-order valence-corrected chi connectivity index (χ1v) is 7.89. The van der Waals surface area contributed by atoms with Gasteiger partial charge in [-0.3, -0.25) is 0 Å². The zero-order valence-corrected chi connectivity index (χ0v) is 11.5. The van der Waals surface area contributed by atoms with Crippen LogP contribution in [-0.4, -0.2) is 22.8 Å². The van der Waals surface area contributed by atoms with E-state index < -0.39 is 0 Å². The van der Waals surface area contributed by atoms with Crippen LogP contribution >= 0.6 is 23.5 Å². The second-order valence-electron chi connectivity index (χ2n) is 4.37. The van der Waals surface area contributed by atoms with E-state index in [1.807, 2.05) is 11.8 Å². The van der Waals surface area contributed by atoms with Crippen molar-refractivity contribution in [2.24, 2.45) is 0 Å². The van der Waals surface area contributed by atoms with Crippen molar-refractivity contribution < 1.29 is 0 Å². The smallest absolute Gasteiger partial charge is 0.0480 e. The Bertz CT molecular complexity index is 332. The minimum Gasteiger partial charge on any atom is -0.381 e. The van der Waals surface area contributed by atoms with Gasteiger partial charge in [-0.25, -0.2) is 0 Å². The molecule has 16 heavy (non-hydrogen) atoms. The average Bonchev–Trinajstić information content (AvgIpc) is 2.73. The van der Waals surface area contributed by atoms with Crippen molar-refractivity contribution in [1.82, 2.24) is 0 Å². The third-order valence-corrected chi connectivity index (χ3v) is 4.78.